The van der Waals surface area contributed by atoms with Crippen LogP contribution in [0.4, 0.5) is 0 Å². The number of carboxylic acids is 3. The smallest absolute Gasteiger partial charge is 0.321 e. The molecule has 0 heterocycles. The summed E-state index contributed by atoms with van der Waals surface area (Å²) in [5.41, 5.74) is 14.3. The minimum Gasteiger partial charge on any atom is -0.550 e. The predicted molar refractivity (Wildman–Crippen MR) is 52.0 cm³/mol. The van der Waals surface area contributed by atoms with Gasteiger partial charge in [-0.25, -0.2) is 0 Å². The summed E-state index contributed by atoms with van der Waals surface area (Å²) >= 11 is 0. The monoisotopic (exact) mass is 263 g/mol. The maximum absolute atomic E-state index is 9.99. The van der Waals surface area contributed by atoms with E-state index in [9.17, 15) is 29.4 Å². The van der Waals surface area contributed by atoms with Gasteiger partial charge in [-0.05, 0) is 0 Å². The molecule has 0 bridgehead atoms. The maximum atomic E-state index is 9.99. The van der Waals surface area contributed by atoms with Crippen molar-refractivity contribution in [3.63, 3.8) is 0 Å². The molecule has 0 aromatic carbocycles. The Balaban J connectivity index is 0. The van der Waals surface area contributed by atoms with E-state index in [1.165, 1.54) is 0 Å². The van der Waals surface area contributed by atoms with E-state index in [4.69, 9.17) is 16.6 Å². The van der Waals surface area contributed by atoms with Crippen molar-refractivity contribution in [1.29, 1.82) is 0 Å². The highest BCUT2D eigenvalue weighted by molar-refractivity contribution is 5.83. The molecule has 0 aliphatic carbocycles. The lowest BCUT2D eigenvalue weighted by Gasteiger charge is -2.11. The number of amides is 1. The van der Waals surface area contributed by atoms with Crippen LogP contribution in [0.5, 0.6) is 0 Å². The van der Waals surface area contributed by atoms with Crippen molar-refractivity contribution in [3.05, 3.63) is 0 Å². The first-order valence-electron chi connectivity index (χ1n) is 4.50. The average Bonchev–Trinajstić information content (AvgIpc) is 2.16. The van der Waals surface area contributed by atoms with Crippen molar-refractivity contribution in [2.24, 2.45) is 17.2 Å². The van der Waals surface area contributed by atoms with Crippen LogP contribution in [0.2, 0.25) is 0 Å². The van der Waals surface area contributed by atoms with Crippen molar-refractivity contribution in [2.75, 3.05) is 0 Å². The molecule has 0 spiro atoms. The summed E-state index contributed by atoms with van der Waals surface area (Å²) in [6.45, 7) is 0. The molecule has 0 radical (unpaired) electrons. The Morgan fingerprint density at radius 3 is 1.56 bits per heavy atom. The molecule has 104 valence electrons. The number of rotatable bonds is 6. The van der Waals surface area contributed by atoms with Crippen molar-refractivity contribution < 1.29 is 34.5 Å². The molecule has 10 heteroatoms. The molecular formula is C8H13N3O7-2. The highest BCUT2D eigenvalue weighted by Gasteiger charge is 2.13. The minimum absolute atomic E-state index is 0.310. The first-order chi connectivity index (χ1) is 8.07. The highest BCUT2D eigenvalue weighted by atomic mass is 16.4. The van der Waals surface area contributed by atoms with E-state index in [1.807, 2.05) is 0 Å². The minimum atomic E-state index is -1.58. The van der Waals surface area contributed by atoms with E-state index in [-0.39, 0.29) is 6.42 Å². The van der Waals surface area contributed by atoms with Gasteiger partial charge in [0.25, 0.3) is 0 Å². The van der Waals surface area contributed by atoms with Gasteiger partial charge < -0.3 is 42.1 Å². The number of aliphatic carboxylic acids is 3. The fourth-order valence-corrected chi connectivity index (χ4v) is 0.567. The number of primary amides is 1. The first kappa shape index (κ1) is 18.2. The van der Waals surface area contributed by atoms with Crippen LogP contribution in [0.3, 0.4) is 0 Å². The molecule has 0 saturated carbocycles. The van der Waals surface area contributed by atoms with Gasteiger partial charge in [0.1, 0.15) is 6.04 Å². The highest BCUT2D eigenvalue weighted by Crippen LogP contribution is 1.84. The van der Waals surface area contributed by atoms with Gasteiger partial charge in [-0.15, -0.1) is 0 Å². The van der Waals surface area contributed by atoms with Gasteiger partial charge in [-0.3, -0.25) is 9.59 Å². The Bertz CT molecular complexity index is 299. The molecule has 7 N–H and O–H groups in total. The number of carbonyl (C=O) groups excluding carboxylic acids is 3. The SMILES string of the molecule is NC(=O)C[C@H](N)C(=O)O.N[C@@H](CC(=O)[O-])C(=O)[O-]. The summed E-state index contributed by atoms with van der Waals surface area (Å²) in [4.78, 5) is 39.2. The molecule has 0 saturated heterocycles. The second-order valence-electron chi connectivity index (χ2n) is 3.12. The molecular weight excluding hydrogens is 250 g/mol. The van der Waals surface area contributed by atoms with Crippen LogP contribution in [0.1, 0.15) is 12.8 Å². The summed E-state index contributed by atoms with van der Waals surface area (Å²) in [7, 11) is 0. The molecule has 0 fully saturated rings. The van der Waals surface area contributed by atoms with Crippen LogP contribution in [0, 0.1) is 0 Å². The zero-order chi connectivity index (χ0) is 14.9. The normalized spacial score (nSPS) is 12.6. The van der Waals surface area contributed by atoms with Gasteiger partial charge in [0, 0.05) is 18.4 Å². The number of hydrogen-bond donors (Lipinski definition) is 4. The number of nitrogens with two attached hydrogens (primary N) is 3. The molecule has 0 aliphatic heterocycles. The fourth-order valence-electron chi connectivity index (χ4n) is 0.567. The zero-order valence-corrected chi connectivity index (χ0v) is 9.20. The van der Waals surface area contributed by atoms with Crippen molar-refractivity contribution >= 4 is 23.8 Å². The van der Waals surface area contributed by atoms with E-state index in [2.05, 4.69) is 5.73 Å². The third kappa shape index (κ3) is 11.9. The van der Waals surface area contributed by atoms with Gasteiger partial charge in [0.15, 0.2) is 0 Å². The second-order valence-corrected chi connectivity index (χ2v) is 3.12. The Hall–Kier alpha value is -2.20. The molecule has 2 atom stereocenters. The van der Waals surface area contributed by atoms with Crippen LogP contribution in [-0.2, 0) is 19.2 Å². The lowest BCUT2D eigenvalue weighted by atomic mass is 10.2. The molecule has 18 heavy (non-hydrogen) atoms. The second kappa shape index (κ2) is 8.90. The molecule has 0 aliphatic rings. The van der Waals surface area contributed by atoms with Crippen molar-refractivity contribution in [2.45, 2.75) is 24.9 Å². The number of hydrogen-bond acceptors (Lipinski definition) is 8. The van der Waals surface area contributed by atoms with Gasteiger partial charge in [0.2, 0.25) is 5.91 Å². The summed E-state index contributed by atoms with van der Waals surface area (Å²) in [6, 6.07) is -2.63. The molecule has 0 aromatic heterocycles. The van der Waals surface area contributed by atoms with Crippen LogP contribution in [-0.4, -0.2) is 41.0 Å². The van der Waals surface area contributed by atoms with Crippen LogP contribution >= 0.6 is 0 Å². The van der Waals surface area contributed by atoms with Crippen LogP contribution in [0.25, 0.3) is 0 Å². The standard InChI is InChI=1S/C4H8N2O3.C4H7NO4/c2*5-2(4(8)9)1-3(6)7/h2H,1,5H2,(H2,6,7)(H,8,9);2H,1,5H2,(H,6,7)(H,8,9)/p-2/t2*2-/m00/s1. The lowest BCUT2D eigenvalue weighted by molar-refractivity contribution is -0.316. The van der Waals surface area contributed by atoms with E-state index < -0.39 is 42.3 Å². The third-order valence-electron chi connectivity index (χ3n) is 1.43. The van der Waals surface area contributed by atoms with Crippen molar-refractivity contribution in [3.8, 4) is 0 Å². The van der Waals surface area contributed by atoms with Gasteiger partial charge in [0.05, 0.1) is 12.4 Å². The zero-order valence-electron chi connectivity index (χ0n) is 9.20. The molecule has 1 amide bonds. The van der Waals surface area contributed by atoms with Crippen LogP contribution in [0.15, 0.2) is 0 Å². The average molecular weight is 263 g/mol. The van der Waals surface area contributed by atoms with E-state index in [0.717, 1.165) is 0 Å². The summed E-state index contributed by atoms with van der Waals surface area (Å²) in [5, 5.41) is 27.4. The summed E-state index contributed by atoms with van der Waals surface area (Å²) < 4.78 is 0. The number of carboxylic acid groups (broad SMARTS) is 3. The molecule has 10 nitrogen and oxygen atoms in total. The third-order valence-corrected chi connectivity index (χ3v) is 1.43. The Labute approximate surface area is 101 Å². The number of carbonyl (C=O) groups is 4. The summed E-state index contributed by atoms with van der Waals surface area (Å²) in [5.74, 6) is -5.00. The topological polar surface area (TPSA) is 213 Å². The molecule has 0 aromatic rings. The quantitative estimate of drug-likeness (QED) is 0.359. The van der Waals surface area contributed by atoms with Gasteiger partial charge in [-0.1, -0.05) is 0 Å². The Kier molecular flexibility index (Phi) is 8.98. The maximum Gasteiger partial charge on any atom is 0.321 e. The first-order valence-corrected chi connectivity index (χ1v) is 4.50. The summed E-state index contributed by atoms with van der Waals surface area (Å²) in [6.07, 6.45) is -1.02. The van der Waals surface area contributed by atoms with E-state index >= 15 is 0 Å². The predicted octanol–water partition coefficient (Wildman–Crippen LogP) is -5.52. The Morgan fingerprint density at radius 1 is 1.00 bits per heavy atom. The van der Waals surface area contributed by atoms with Gasteiger partial charge >= 0.3 is 5.97 Å². The van der Waals surface area contributed by atoms with Crippen LogP contribution < -0.4 is 27.4 Å². The fraction of sp³-hybridized carbons (Fsp3) is 0.500. The molecule has 0 unspecified atom stereocenters. The largest absolute Gasteiger partial charge is 0.550 e. The van der Waals surface area contributed by atoms with E-state index in [1.54, 1.807) is 0 Å². The van der Waals surface area contributed by atoms with Crippen molar-refractivity contribution in [1.82, 2.24) is 0 Å². The Morgan fingerprint density at radius 2 is 1.44 bits per heavy atom. The molecule has 0 rings (SSSR count). The van der Waals surface area contributed by atoms with Gasteiger partial charge in [-0.2, -0.15) is 0 Å². The lowest BCUT2D eigenvalue weighted by Crippen LogP contribution is -2.45. The van der Waals surface area contributed by atoms with E-state index in [0.29, 0.717) is 0 Å².